The molecule has 7 nitrogen and oxygen atoms in total. The van der Waals surface area contributed by atoms with E-state index in [-0.39, 0.29) is 24.2 Å². The Morgan fingerprint density at radius 3 is 2.50 bits per heavy atom. The zero-order valence-corrected chi connectivity index (χ0v) is 20.0. The number of anilines is 1. The SMILES string of the molecule is Nc1cc(-c2nc(-c3ccccc3)n(/C=C/[C@@H]3C[C@@H](O)CC(=O)O3)c2-c2cccc(C(F)(F)F)c2)ccn1. The zero-order valence-electron chi connectivity index (χ0n) is 20.0. The average molecular weight is 521 g/mol. The van der Waals surface area contributed by atoms with Crippen LogP contribution in [-0.2, 0) is 15.7 Å². The van der Waals surface area contributed by atoms with Gasteiger partial charge in [0.25, 0.3) is 0 Å². The quantitative estimate of drug-likeness (QED) is 0.341. The van der Waals surface area contributed by atoms with Gasteiger partial charge < -0.3 is 15.6 Å². The summed E-state index contributed by atoms with van der Waals surface area (Å²) in [4.78, 5) is 20.7. The number of alkyl halides is 3. The third-order valence-electron chi connectivity index (χ3n) is 6.10. The topological polar surface area (TPSA) is 103 Å². The standard InChI is InChI=1S/C28H23F3N4O3/c29-28(30,31)20-8-4-7-19(13-20)26-25(18-9-11-33-23(32)14-18)34-27(17-5-2-1-3-6-17)35(26)12-10-22-15-21(36)16-24(37)38-22/h1-14,21-22,36H,15-16H2,(H2,32,33)/b12-10+/t21-,22-/m1/s1. The van der Waals surface area contributed by atoms with Crippen molar-refractivity contribution in [2.75, 3.05) is 5.73 Å². The molecule has 5 rings (SSSR count). The Labute approximate surface area is 216 Å². The number of nitrogen functional groups attached to an aromatic ring is 1. The number of nitrogens with zero attached hydrogens (tertiary/aromatic N) is 3. The van der Waals surface area contributed by atoms with Gasteiger partial charge in [0, 0.05) is 35.5 Å². The third-order valence-corrected chi connectivity index (χ3v) is 6.10. The van der Waals surface area contributed by atoms with Crippen LogP contribution in [0.2, 0.25) is 0 Å². The van der Waals surface area contributed by atoms with Crippen LogP contribution < -0.4 is 5.73 Å². The molecule has 0 bridgehead atoms. The van der Waals surface area contributed by atoms with Crippen LogP contribution in [0.1, 0.15) is 18.4 Å². The van der Waals surface area contributed by atoms with Crippen LogP contribution in [0.4, 0.5) is 19.0 Å². The molecular weight excluding hydrogens is 497 g/mol. The molecule has 38 heavy (non-hydrogen) atoms. The Bertz CT molecular complexity index is 1500. The van der Waals surface area contributed by atoms with Gasteiger partial charge in [-0.1, -0.05) is 42.5 Å². The highest BCUT2D eigenvalue weighted by Crippen LogP contribution is 2.39. The highest BCUT2D eigenvalue weighted by Gasteiger charge is 2.31. The number of aliphatic hydroxyl groups is 1. The van der Waals surface area contributed by atoms with Crippen LogP contribution >= 0.6 is 0 Å². The molecule has 3 N–H and O–H groups in total. The number of aromatic nitrogens is 3. The van der Waals surface area contributed by atoms with Crippen LogP contribution in [-0.4, -0.2) is 37.8 Å². The van der Waals surface area contributed by atoms with Crippen LogP contribution in [0.5, 0.6) is 0 Å². The van der Waals surface area contributed by atoms with E-state index >= 15 is 0 Å². The second-order valence-corrected chi connectivity index (χ2v) is 8.88. The third kappa shape index (κ3) is 5.30. The molecule has 0 saturated carbocycles. The minimum Gasteiger partial charge on any atom is -0.458 e. The number of nitrogens with two attached hydrogens (primary N) is 1. The fourth-order valence-corrected chi connectivity index (χ4v) is 4.39. The number of aliphatic hydroxyl groups excluding tert-OH is 1. The molecule has 3 heterocycles. The van der Waals surface area contributed by atoms with Gasteiger partial charge in [0.15, 0.2) is 0 Å². The first-order chi connectivity index (χ1) is 18.2. The van der Waals surface area contributed by atoms with Gasteiger partial charge in [0.2, 0.25) is 0 Å². The fraction of sp³-hybridized carbons (Fsp3) is 0.179. The van der Waals surface area contributed by atoms with Gasteiger partial charge in [0.1, 0.15) is 17.7 Å². The highest BCUT2D eigenvalue weighted by atomic mass is 19.4. The number of carbonyl (C=O) groups is 1. The molecule has 1 aliphatic rings. The monoisotopic (exact) mass is 520 g/mol. The van der Waals surface area contributed by atoms with Crippen molar-refractivity contribution in [3.63, 3.8) is 0 Å². The molecule has 0 aliphatic carbocycles. The maximum atomic E-state index is 13.7. The summed E-state index contributed by atoms with van der Waals surface area (Å²) in [6, 6.07) is 17.4. The second-order valence-electron chi connectivity index (χ2n) is 8.88. The number of carbonyl (C=O) groups excluding carboxylic acids is 1. The second kappa shape index (κ2) is 10.1. The molecule has 10 heteroatoms. The number of cyclic esters (lactones) is 1. The number of rotatable bonds is 5. The molecule has 1 fully saturated rings. The molecule has 194 valence electrons. The van der Waals surface area contributed by atoms with Crippen molar-refractivity contribution in [3.05, 3.63) is 84.6 Å². The van der Waals surface area contributed by atoms with Crippen molar-refractivity contribution < 1.29 is 27.8 Å². The number of benzene rings is 2. The molecule has 2 atom stereocenters. The van der Waals surface area contributed by atoms with Gasteiger partial charge in [-0.25, -0.2) is 9.97 Å². The van der Waals surface area contributed by atoms with E-state index < -0.39 is 29.9 Å². The van der Waals surface area contributed by atoms with E-state index in [1.807, 2.05) is 30.3 Å². The van der Waals surface area contributed by atoms with Crippen LogP contribution in [0.3, 0.4) is 0 Å². The maximum Gasteiger partial charge on any atom is 0.416 e. The minimum atomic E-state index is -4.55. The number of hydrogen-bond donors (Lipinski definition) is 2. The Kier molecular flexibility index (Phi) is 6.73. The van der Waals surface area contributed by atoms with E-state index in [0.29, 0.717) is 28.3 Å². The smallest absolute Gasteiger partial charge is 0.416 e. The van der Waals surface area contributed by atoms with Gasteiger partial charge in [-0.3, -0.25) is 9.36 Å². The van der Waals surface area contributed by atoms with Crippen molar-refractivity contribution in [1.29, 1.82) is 0 Å². The Balaban J connectivity index is 1.76. The lowest BCUT2D eigenvalue weighted by molar-refractivity contribution is -0.156. The van der Waals surface area contributed by atoms with E-state index in [0.717, 1.165) is 12.1 Å². The average Bonchev–Trinajstić information content (AvgIpc) is 3.27. The van der Waals surface area contributed by atoms with E-state index in [1.165, 1.54) is 12.3 Å². The molecule has 2 aromatic carbocycles. The number of imidazole rings is 1. The highest BCUT2D eigenvalue weighted by molar-refractivity contribution is 5.85. The summed E-state index contributed by atoms with van der Waals surface area (Å²) < 4.78 is 48.0. The van der Waals surface area contributed by atoms with Gasteiger partial charge in [-0.15, -0.1) is 0 Å². The van der Waals surface area contributed by atoms with Crippen LogP contribution in [0.25, 0.3) is 40.1 Å². The molecular formula is C28H23F3N4O3. The maximum absolute atomic E-state index is 13.7. The van der Waals surface area contributed by atoms with Crippen molar-refractivity contribution in [1.82, 2.24) is 14.5 Å². The number of pyridine rings is 1. The number of halogens is 3. The van der Waals surface area contributed by atoms with Gasteiger partial charge in [-0.2, -0.15) is 13.2 Å². The lowest BCUT2D eigenvalue weighted by atomic mass is 10.0. The fourth-order valence-electron chi connectivity index (χ4n) is 4.39. The summed E-state index contributed by atoms with van der Waals surface area (Å²) in [5.41, 5.74) is 7.42. The summed E-state index contributed by atoms with van der Waals surface area (Å²) in [6.45, 7) is 0. The summed E-state index contributed by atoms with van der Waals surface area (Å²) in [5.74, 6) is 0.146. The summed E-state index contributed by atoms with van der Waals surface area (Å²) in [7, 11) is 0. The molecule has 1 saturated heterocycles. The first kappa shape index (κ1) is 25.2. The first-order valence-corrected chi connectivity index (χ1v) is 11.8. The molecule has 0 spiro atoms. The van der Waals surface area contributed by atoms with E-state index in [4.69, 9.17) is 15.5 Å². The lowest BCUT2D eigenvalue weighted by Gasteiger charge is -2.23. The number of esters is 1. The molecule has 0 radical (unpaired) electrons. The Morgan fingerprint density at radius 1 is 1.03 bits per heavy atom. The summed E-state index contributed by atoms with van der Waals surface area (Å²) in [5, 5.41) is 10.0. The molecule has 2 aromatic heterocycles. The molecule has 4 aromatic rings. The van der Waals surface area contributed by atoms with Crippen LogP contribution in [0.15, 0.2) is 79.0 Å². The molecule has 1 aliphatic heterocycles. The number of ether oxygens (including phenoxy) is 1. The van der Waals surface area contributed by atoms with E-state index in [2.05, 4.69) is 4.98 Å². The van der Waals surface area contributed by atoms with Gasteiger partial charge in [-0.05, 0) is 30.3 Å². The van der Waals surface area contributed by atoms with Gasteiger partial charge in [0.05, 0.1) is 29.5 Å². The van der Waals surface area contributed by atoms with Crippen molar-refractivity contribution in [3.8, 4) is 33.9 Å². The predicted molar refractivity (Wildman–Crippen MR) is 136 cm³/mol. The largest absolute Gasteiger partial charge is 0.458 e. The number of hydrogen-bond acceptors (Lipinski definition) is 6. The first-order valence-electron chi connectivity index (χ1n) is 11.8. The Morgan fingerprint density at radius 2 is 1.79 bits per heavy atom. The van der Waals surface area contributed by atoms with E-state index in [9.17, 15) is 23.1 Å². The van der Waals surface area contributed by atoms with Crippen molar-refractivity contribution in [2.45, 2.75) is 31.2 Å². The lowest BCUT2D eigenvalue weighted by Crippen LogP contribution is -2.31. The van der Waals surface area contributed by atoms with Gasteiger partial charge >= 0.3 is 12.1 Å². The van der Waals surface area contributed by atoms with Crippen molar-refractivity contribution >= 4 is 18.0 Å². The molecule has 0 amide bonds. The molecule has 0 unspecified atom stereocenters. The van der Waals surface area contributed by atoms with Crippen LogP contribution in [0, 0.1) is 0 Å². The Hall–Kier alpha value is -4.44. The summed E-state index contributed by atoms with van der Waals surface area (Å²) >= 11 is 0. The van der Waals surface area contributed by atoms with Crippen molar-refractivity contribution in [2.24, 2.45) is 0 Å². The minimum absolute atomic E-state index is 0.0895. The zero-order chi connectivity index (χ0) is 26.9. The predicted octanol–water partition coefficient (Wildman–Crippen LogP) is 5.42. The summed E-state index contributed by atoms with van der Waals surface area (Å²) in [6.07, 6.45) is -1.30. The normalized spacial score (nSPS) is 18.1. The van der Waals surface area contributed by atoms with E-state index in [1.54, 1.807) is 35.0 Å².